The molecule has 6 heteroatoms. The molecule has 6 nitrogen and oxygen atoms in total. The van der Waals surface area contributed by atoms with Gasteiger partial charge in [0.1, 0.15) is 11.7 Å². The molecule has 174 valence electrons. The van der Waals surface area contributed by atoms with Gasteiger partial charge in [-0.15, -0.1) is 0 Å². The predicted molar refractivity (Wildman–Crippen MR) is 134 cm³/mol. The lowest BCUT2D eigenvalue weighted by Crippen LogP contribution is -2.37. The average molecular weight is 465 g/mol. The molecule has 0 saturated carbocycles. The van der Waals surface area contributed by atoms with Gasteiger partial charge in [0.05, 0.1) is 24.0 Å². The van der Waals surface area contributed by atoms with Crippen molar-refractivity contribution in [2.24, 2.45) is 5.92 Å². The van der Waals surface area contributed by atoms with E-state index in [0.717, 1.165) is 22.0 Å². The molecule has 2 aliphatic heterocycles. The zero-order chi connectivity index (χ0) is 23.9. The summed E-state index contributed by atoms with van der Waals surface area (Å²) in [6, 6.07) is 30.3. The molecule has 0 bridgehead atoms. The number of hydrogen-bond donors (Lipinski definition) is 0. The summed E-state index contributed by atoms with van der Waals surface area (Å²) in [5.41, 5.74) is 2.27. The van der Waals surface area contributed by atoms with Crippen LogP contribution < -0.4 is 14.7 Å². The topological polar surface area (TPSA) is 59.1 Å². The quantitative estimate of drug-likeness (QED) is 0.376. The highest BCUT2D eigenvalue weighted by molar-refractivity contribution is 6.24. The molecular formula is C29H24N2O4. The van der Waals surface area contributed by atoms with E-state index in [2.05, 4.69) is 0 Å². The molecule has 4 aromatic rings. The fourth-order valence-corrected chi connectivity index (χ4v) is 5.15. The van der Waals surface area contributed by atoms with Crippen LogP contribution in [-0.4, -0.2) is 24.5 Å². The Morgan fingerprint density at radius 2 is 1.49 bits per heavy atom. The van der Waals surface area contributed by atoms with E-state index in [9.17, 15) is 9.59 Å². The summed E-state index contributed by atoms with van der Waals surface area (Å²) in [6.45, 7) is 2.45. The van der Waals surface area contributed by atoms with Gasteiger partial charge in [0.25, 0.3) is 5.91 Å². The minimum Gasteiger partial charge on any atom is -0.494 e. The Hall–Kier alpha value is -4.16. The van der Waals surface area contributed by atoms with Gasteiger partial charge in [0, 0.05) is 0 Å². The normalized spacial score (nSPS) is 21.6. The van der Waals surface area contributed by atoms with Crippen LogP contribution in [0.25, 0.3) is 10.8 Å². The molecule has 2 aliphatic rings. The molecule has 4 aromatic carbocycles. The highest BCUT2D eigenvalue weighted by Crippen LogP contribution is 2.48. The van der Waals surface area contributed by atoms with Crippen LogP contribution in [0.4, 0.5) is 11.4 Å². The van der Waals surface area contributed by atoms with Gasteiger partial charge in [-0.05, 0) is 59.7 Å². The van der Waals surface area contributed by atoms with E-state index in [0.29, 0.717) is 18.0 Å². The van der Waals surface area contributed by atoms with Gasteiger partial charge in [0.15, 0.2) is 6.10 Å². The van der Waals surface area contributed by atoms with Crippen molar-refractivity contribution in [2.45, 2.75) is 19.1 Å². The van der Waals surface area contributed by atoms with Crippen LogP contribution in [0.3, 0.4) is 0 Å². The maximum Gasteiger partial charge on any atom is 0.266 e. The molecule has 2 saturated heterocycles. The number of rotatable bonds is 5. The van der Waals surface area contributed by atoms with Crippen LogP contribution in [0.2, 0.25) is 0 Å². The highest BCUT2D eigenvalue weighted by Gasteiger charge is 2.60. The Balaban J connectivity index is 1.45. The smallest absolute Gasteiger partial charge is 0.266 e. The first-order valence-corrected chi connectivity index (χ1v) is 11.8. The van der Waals surface area contributed by atoms with Gasteiger partial charge in [0.2, 0.25) is 5.91 Å². The van der Waals surface area contributed by atoms with Crippen LogP contribution >= 0.6 is 0 Å². The lowest BCUT2D eigenvalue weighted by atomic mass is 9.87. The van der Waals surface area contributed by atoms with Crippen molar-refractivity contribution in [3.63, 3.8) is 0 Å². The molecule has 0 unspecified atom stereocenters. The molecular weight excluding hydrogens is 440 g/mol. The number of amides is 2. The molecule has 0 spiro atoms. The molecule has 2 heterocycles. The average Bonchev–Trinajstić information content (AvgIpc) is 3.41. The largest absolute Gasteiger partial charge is 0.494 e. The minimum atomic E-state index is -0.904. The Labute approximate surface area is 203 Å². The number of benzene rings is 4. The van der Waals surface area contributed by atoms with Gasteiger partial charge in [-0.3, -0.25) is 14.4 Å². The maximum atomic E-state index is 13.9. The maximum absolute atomic E-state index is 13.9. The summed E-state index contributed by atoms with van der Waals surface area (Å²) < 4.78 is 5.51. The van der Waals surface area contributed by atoms with E-state index in [-0.39, 0.29) is 11.8 Å². The number of hydrogen-bond acceptors (Lipinski definition) is 5. The van der Waals surface area contributed by atoms with Gasteiger partial charge in [-0.1, -0.05) is 60.7 Å². The van der Waals surface area contributed by atoms with Crippen molar-refractivity contribution in [1.82, 2.24) is 0 Å². The predicted octanol–water partition coefficient (Wildman–Crippen LogP) is 5.29. The number of fused-ring (bicyclic) bond motifs is 2. The van der Waals surface area contributed by atoms with E-state index in [1.165, 1.54) is 4.90 Å². The second kappa shape index (κ2) is 8.56. The van der Waals surface area contributed by atoms with Crippen molar-refractivity contribution >= 4 is 34.0 Å². The second-order valence-electron chi connectivity index (χ2n) is 8.67. The number of nitrogens with zero attached hydrogens (tertiary/aromatic N) is 2. The van der Waals surface area contributed by atoms with E-state index < -0.39 is 18.1 Å². The van der Waals surface area contributed by atoms with E-state index in [1.54, 1.807) is 29.3 Å². The van der Waals surface area contributed by atoms with Crippen molar-refractivity contribution in [3.05, 3.63) is 103 Å². The van der Waals surface area contributed by atoms with Gasteiger partial charge in [-0.25, -0.2) is 9.96 Å². The Bertz CT molecular complexity index is 1400. The van der Waals surface area contributed by atoms with Crippen molar-refractivity contribution in [2.75, 3.05) is 16.6 Å². The molecule has 6 rings (SSSR count). The zero-order valence-electron chi connectivity index (χ0n) is 19.2. The summed E-state index contributed by atoms with van der Waals surface area (Å²) in [5, 5.41) is 3.84. The van der Waals surface area contributed by atoms with Gasteiger partial charge >= 0.3 is 0 Å². The number of carbonyl (C=O) groups excluding carboxylic acids is 2. The fraction of sp³-hybridized carbons (Fsp3) is 0.172. The number of anilines is 2. The molecule has 0 aliphatic carbocycles. The number of hydroxylamine groups is 1. The first-order chi connectivity index (χ1) is 17.2. The minimum absolute atomic E-state index is 0.263. The zero-order valence-corrected chi connectivity index (χ0v) is 19.2. The molecule has 35 heavy (non-hydrogen) atoms. The van der Waals surface area contributed by atoms with Crippen molar-refractivity contribution < 1.29 is 19.2 Å². The Morgan fingerprint density at radius 1 is 0.771 bits per heavy atom. The van der Waals surface area contributed by atoms with Crippen molar-refractivity contribution in [3.8, 4) is 5.75 Å². The van der Waals surface area contributed by atoms with Crippen LogP contribution in [0.5, 0.6) is 5.75 Å². The third-order valence-corrected chi connectivity index (χ3v) is 6.67. The van der Waals surface area contributed by atoms with Crippen LogP contribution in [0.1, 0.15) is 18.5 Å². The van der Waals surface area contributed by atoms with Crippen molar-refractivity contribution in [1.29, 1.82) is 0 Å². The third-order valence-electron chi connectivity index (χ3n) is 6.67. The third kappa shape index (κ3) is 3.45. The molecule has 3 atom stereocenters. The standard InChI is InChI=1S/C29H24N2O4/c1-2-34-22-17-15-20(16-18-22)30-28(32)25-26(24-14-8-10-19-9-6-7-13-23(19)24)31(35-27(25)29(30)33)21-11-4-3-5-12-21/h3-18,25-27H,2H2,1H3/t25-,26+,27+/m1/s1. The molecule has 0 aromatic heterocycles. The number of imide groups is 1. The number of ether oxygens (including phenoxy) is 1. The van der Waals surface area contributed by atoms with E-state index in [1.807, 2.05) is 79.7 Å². The van der Waals surface area contributed by atoms with E-state index in [4.69, 9.17) is 9.57 Å². The summed E-state index contributed by atoms with van der Waals surface area (Å²) in [6.07, 6.45) is -0.904. The van der Waals surface area contributed by atoms with Crippen LogP contribution in [0.15, 0.2) is 97.1 Å². The Morgan fingerprint density at radius 3 is 2.26 bits per heavy atom. The lowest BCUT2D eigenvalue weighted by Gasteiger charge is -2.29. The summed E-state index contributed by atoms with van der Waals surface area (Å²) in [4.78, 5) is 35.0. The summed E-state index contributed by atoms with van der Waals surface area (Å²) >= 11 is 0. The number of para-hydroxylation sites is 1. The van der Waals surface area contributed by atoms with Gasteiger partial charge in [-0.2, -0.15) is 0 Å². The fourth-order valence-electron chi connectivity index (χ4n) is 5.15. The summed E-state index contributed by atoms with van der Waals surface area (Å²) in [7, 11) is 0. The van der Waals surface area contributed by atoms with Crippen LogP contribution in [0, 0.1) is 5.92 Å². The first-order valence-electron chi connectivity index (χ1n) is 11.8. The molecule has 2 fully saturated rings. The highest BCUT2D eigenvalue weighted by atomic mass is 16.7. The number of carbonyl (C=O) groups is 2. The van der Waals surface area contributed by atoms with Gasteiger partial charge < -0.3 is 4.74 Å². The Kier molecular flexibility index (Phi) is 5.23. The first kappa shape index (κ1) is 21.4. The van der Waals surface area contributed by atoms with E-state index >= 15 is 0 Å². The monoisotopic (exact) mass is 464 g/mol. The second-order valence-corrected chi connectivity index (χ2v) is 8.67. The lowest BCUT2D eigenvalue weighted by molar-refractivity contribution is -0.126. The SMILES string of the molecule is CCOc1ccc(N2C(=O)[C@H]3[C@H](ON(c4ccccc4)[C@H]3c3cccc4ccccc34)C2=O)cc1. The molecule has 0 N–H and O–H groups in total. The molecule has 2 amide bonds. The van der Waals surface area contributed by atoms with Crippen LogP contribution in [-0.2, 0) is 14.4 Å². The molecule has 0 radical (unpaired) electrons. The summed E-state index contributed by atoms with van der Waals surface area (Å²) in [5.74, 6) is -0.607.